The van der Waals surface area contributed by atoms with E-state index >= 15 is 0 Å². The molecule has 3 aromatic carbocycles. The molecule has 5 rings (SSSR count). The fourth-order valence-corrected chi connectivity index (χ4v) is 5.66. The summed E-state index contributed by atoms with van der Waals surface area (Å²) in [4.78, 5) is 33.1. The second-order valence-corrected chi connectivity index (χ2v) is 10.4. The number of ketones is 1. The Bertz CT molecular complexity index is 1550. The van der Waals surface area contributed by atoms with Crippen LogP contribution in [-0.4, -0.2) is 28.4 Å². The molecule has 1 atom stereocenters. The predicted molar refractivity (Wildman–Crippen MR) is 147 cm³/mol. The van der Waals surface area contributed by atoms with Gasteiger partial charge in [0, 0.05) is 5.56 Å². The molecule has 4 aromatic rings. The number of fused-ring (bicyclic) bond motifs is 1. The number of aliphatic hydroxyl groups excluding tert-OH is 1. The molecule has 7 heteroatoms. The van der Waals surface area contributed by atoms with Gasteiger partial charge in [0.15, 0.2) is 5.13 Å². The minimum Gasteiger partial charge on any atom is -0.507 e. The molecule has 0 saturated carbocycles. The predicted octanol–water partition coefficient (Wildman–Crippen LogP) is 6.64. The molecule has 2 heterocycles. The van der Waals surface area contributed by atoms with Crippen LogP contribution in [0.3, 0.4) is 0 Å². The van der Waals surface area contributed by atoms with E-state index in [0.29, 0.717) is 28.6 Å². The van der Waals surface area contributed by atoms with E-state index in [2.05, 4.69) is 0 Å². The third kappa shape index (κ3) is 4.51. The van der Waals surface area contributed by atoms with E-state index in [9.17, 15) is 14.7 Å². The van der Waals surface area contributed by atoms with E-state index in [1.165, 1.54) is 16.2 Å². The number of nitrogens with zero attached hydrogens (tertiary/aromatic N) is 2. The van der Waals surface area contributed by atoms with E-state index in [-0.39, 0.29) is 11.3 Å². The van der Waals surface area contributed by atoms with E-state index in [1.807, 2.05) is 88.4 Å². The van der Waals surface area contributed by atoms with Crippen LogP contribution >= 0.6 is 11.3 Å². The molecule has 1 amide bonds. The second-order valence-electron chi connectivity index (χ2n) is 9.37. The van der Waals surface area contributed by atoms with Crippen LogP contribution in [0.4, 0.5) is 5.13 Å². The van der Waals surface area contributed by atoms with Gasteiger partial charge in [-0.25, -0.2) is 4.98 Å². The lowest BCUT2D eigenvalue weighted by molar-refractivity contribution is -0.132. The first-order chi connectivity index (χ1) is 17.8. The van der Waals surface area contributed by atoms with Gasteiger partial charge in [-0.05, 0) is 74.2 Å². The summed E-state index contributed by atoms with van der Waals surface area (Å²) >= 11 is 1.36. The van der Waals surface area contributed by atoms with Gasteiger partial charge in [-0.1, -0.05) is 54.2 Å². The Balaban J connectivity index is 1.70. The number of thiazole rings is 1. The SMILES string of the molecule is CCCOc1ccc(C2C(=C(O)c3cc(C)ccc3C)C(=O)C(=O)N2c2nc3ccc(C)cc3s2)cc1. The third-order valence-electron chi connectivity index (χ3n) is 6.50. The Morgan fingerprint density at radius 3 is 2.43 bits per heavy atom. The molecule has 0 radical (unpaired) electrons. The number of ether oxygens (including phenoxy) is 1. The average Bonchev–Trinajstić information content (AvgIpc) is 3.41. The molecule has 1 aliphatic rings. The number of aliphatic hydroxyl groups is 1. The molecular formula is C30H28N2O4S. The number of Topliss-reactive ketones (excluding diaryl/α,β-unsaturated/α-hetero) is 1. The number of amides is 1. The normalized spacial score (nSPS) is 17.1. The van der Waals surface area contributed by atoms with E-state index in [4.69, 9.17) is 9.72 Å². The highest BCUT2D eigenvalue weighted by molar-refractivity contribution is 7.22. The smallest absolute Gasteiger partial charge is 0.301 e. The van der Waals surface area contributed by atoms with Gasteiger partial charge in [-0.2, -0.15) is 0 Å². The Labute approximate surface area is 219 Å². The lowest BCUT2D eigenvalue weighted by atomic mass is 9.93. The van der Waals surface area contributed by atoms with Crippen LogP contribution in [0.2, 0.25) is 0 Å². The summed E-state index contributed by atoms with van der Waals surface area (Å²) in [6.07, 6.45) is 0.884. The minimum atomic E-state index is -0.832. The highest BCUT2D eigenvalue weighted by atomic mass is 32.1. The third-order valence-corrected chi connectivity index (χ3v) is 7.52. The maximum atomic E-state index is 13.5. The number of carbonyl (C=O) groups excluding carboxylic acids is 2. The van der Waals surface area contributed by atoms with Crippen molar-refractivity contribution in [1.82, 2.24) is 4.98 Å². The molecule has 1 aromatic heterocycles. The molecule has 0 aliphatic carbocycles. The summed E-state index contributed by atoms with van der Waals surface area (Å²) in [5, 5.41) is 11.9. The Morgan fingerprint density at radius 1 is 1.00 bits per heavy atom. The Morgan fingerprint density at radius 2 is 1.70 bits per heavy atom. The van der Waals surface area contributed by atoms with Crippen molar-refractivity contribution in [1.29, 1.82) is 0 Å². The molecule has 0 spiro atoms. The zero-order valence-electron chi connectivity index (χ0n) is 21.2. The maximum Gasteiger partial charge on any atom is 0.301 e. The maximum absolute atomic E-state index is 13.5. The highest BCUT2D eigenvalue weighted by Crippen LogP contribution is 2.45. The molecular weight excluding hydrogens is 484 g/mol. The number of aromatic nitrogens is 1. The fourth-order valence-electron chi connectivity index (χ4n) is 4.57. The molecule has 1 N–H and O–H groups in total. The number of hydrogen-bond donors (Lipinski definition) is 1. The first-order valence-corrected chi connectivity index (χ1v) is 13.1. The van der Waals surface area contributed by atoms with E-state index in [0.717, 1.165) is 33.3 Å². The minimum absolute atomic E-state index is 0.0522. The zero-order chi connectivity index (χ0) is 26.3. The number of benzene rings is 3. The van der Waals surface area contributed by atoms with Crippen LogP contribution in [0, 0.1) is 20.8 Å². The summed E-state index contributed by atoms with van der Waals surface area (Å²) in [6.45, 7) is 8.42. The van der Waals surface area contributed by atoms with Gasteiger partial charge in [0.2, 0.25) is 0 Å². The summed E-state index contributed by atoms with van der Waals surface area (Å²) < 4.78 is 6.66. The number of aryl methyl sites for hydroxylation is 3. The van der Waals surface area contributed by atoms with Crippen molar-refractivity contribution in [2.45, 2.75) is 40.2 Å². The number of anilines is 1. The molecule has 0 bridgehead atoms. The summed E-state index contributed by atoms with van der Waals surface area (Å²) in [6, 6.07) is 18.0. The van der Waals surface area contributed by atoms with Crippen molar-refractivity contribution in [3.8, 4) is 5.75 Å². The molecule has 188 valence electrons. The van der Waals surface area contributed by atoms with Crippen LogP contribution in [0.15, 0.2) is 66.2 Å². The van der Waals surface area contributed by atoms with Crippen LogP contribution in [0.5, 0.6) is 5.75 Å². The number of hydrogen-bond acceptors (Lipinski definition) is 6. The Kier molecular flexibility index (Phi) is 6.56. The quantitative estimate of drug-likeness (QED) is 0.178. The number of carbonyl (C=O) groups is 2. The van der Waals surface area contributed by atoms with Crippen LogP contribution in [0.1, 0.15) is 47.2 Å². The van der Waals surface area contributed by atoms with Gasteiger partial charge in [-0.3, -0.25) is 14.5 Å². The second kappa shape index (κ2) is 9.82. The van der Waals surface area contributed by atoms with E-state index in [1.54, 1.807) is 0 Å². The van der Waals surface area contributed by atoms with Gasteiger partial charge in [-0.15, -0.1) is 0 Å². The van der Waals surface area contributed by atoms with E-state index < -0.39 is 17.7 Å². The van der Waals surface area contributed by atoms with Crippen molar-refractivity contribution in [2.75, 3.05) is 11.5 Å². The van der Waals surface area contributed by atoms with Gasteiger partial charge in [0.25, 0.3) is 5.78 Å². The lowest BCUT2D eigenvalue weighted by Gasteiger charge is -2.23. The molecule has 1 fully saturated rings. The molecule has 37 heavy (non-hydrogen) atoms. The summed E-state index contributed by atoms with van der Waals surface area (Å²) in [5.74, 6) is -0.924. The highest BCUT2D eigenvalue weighted by Gasteiger charge is 2.48. The zero-order valence-corrected chi connectivity index (χ0v) is 22.1. The largest absolute Gasteiger partial charge is 0.507 e. The molecule has 1 aliphatic heterocycles. The van der Waals surface area contributed by atoms with Gasteiger partial charge in [0.05, 0.1) is 28.4 Å². The van der Waals surface area contributed by atoms with Crippen molar-refractivity contribution in [2.24, 2.45) is 0 Å². The standard InChI is InChI=1S/C30H28N2O4S/c1-5-14-36-21-11-9-20(10-12-21)26-25(27(33)22-15-17(2)6-8-19(22)4)28(34)29(35)32(26)30-31-23-13-7-18(3)16-24(23)37-30/h6-13,15-16,26,33H,5,14H2,1-4H3. The number of rotatable bonds is 6. The van der Waals surface area contributed by atoms with Crippen LogP contribution in [-0.2, 0) is 9.59 Å². The summed E-state index contributed by atoms with van der Waals surface area (Å²) in [5.41, 5.74) is 4.86. The first kappa shape index (κ1) is 24.7. The lowest BCUT2D eigenvalue weighted by Crippen LogP contribution is -2.29. The first-order valence-electron chi connectivity index (χ1n) is 12.3. The molecule has 6 nitrogen and oxygen atoms in total. The van der Waals surface area contributed by atoms with Gasteiger partial charge in [0.1, 0.15) is 11.5 Å². The van der Waals surface area contributed by atoms with Crippen molar-refractivity contribution < 1.29 is 19.4 Å². The van der Waals surface area contributed by atoms with Crippen molar-refractivity contribution >= 4 is 44.1 Å². The van der Waals surface area contributed by atoms with Gasteiger partial charge >= 0.3 is 5.91 Å². The van der Waals surface area contributed by atoms with Gasteiger partial charge < -0.3 is 9.84 Å². The van der Waals surface area contributed by atoms with Crippen LogP contribution in [0.25, 0.3) is 16.0 Å². The topological polar surface area (TPSA) is 79.7 Å². The average molecular weight is 513 g/mol. The summed E-state index contributed by atoms with van der Waals surface area (Å²) in [7, 11) is 0. The van der Waals surface area contributed by atoms with Crippen molar-refractivity contribution in [3.63, 3.8) is 0 Å². The van der Waals surface area contributed by atoms with Crippen LogP contribution < -0.4 is 9.64 Å². The molecule has 1 saturated heterocycles. The monoisotopic (exact) mass is 512 g/mol. The Hall–Kier alpha value is -3.97. The van der Waals surface area contributed by atoms with Crippen molar-refractivity contribution in [3.05, 3.63) is 94.1 Å². The fraction of sp³-hybridized carbons (Fsp3) is 0.233. The molecule has 1 unspecified atom stereocenters.